The Bertz CT molecular complexity index is 1480. The molecule has 38 heavy (non-hydrogen) atoms. The van der Waals surface area contributed by atoms with Crippen LogP contribution < -0.4 is 10.1 Å². The Kier molecular flexibility index (Phi) is 6.88. The Hall–Kier alpha value is -4.21. The summed E-state index contributed by atoms with van der Waals surface area (Å²) < 4.78 is 24.9. The number of methoxy groups -OCH3 is 1. The average Bonchev–Trinajstić information content (AvgIpc) is 3.29. The van der Waals surface area contributed by atoms with E-state index in [0.717, 1.165) is 40.4 Å². The van der Waals surface area contributed by atoms with Gasteiger partial charge in [-0.25, -0.2) is 19.2 Å². The summed E-state index contributed by atoms with van der Waals surface area (Å²) in [4.78, 5) is 31.1. The zero-order chi connectivity index (χ0) is 26.9. The number of ether oxygens (including phenoxy) is 2. The SMILES string of the molecule is COc1ccc2[nH]cc(CCNc3nc(-c4cncc(F)c4)nc4c3CCN(C(=O)OC(C)(C)C)C4)c2c1. The third-order valence-electron chi connectivity index (χ3n) is 6.34. The number of halogens is 1. The van der Waals surface area contributed by atoms with E-state index in [2.05, 4.69) is 15.3 Å². The molecule has 0 fully saturated rings. The Morgan fingerprint density at radius 3 is 2.82 bits per heavy atom. The van der Waals surface area contributed by atoms with E-state index in [4.69, 9.17) is 19.4 Å². The number of carbonyl (C=O) groups is 1. The normalized spacial score (nSPS) is 13.3. The number of fused-ring (bicyclic) bond motifs is 2. The Balaban J connectivity index is 1.41. The van der Waals surface area contributed by atoms with Gasteiger partial charge in [-0.05, 0) is 63.4 Å². The number of H-pyrrole nitrogens is 1. The molecule has 4 aromatic rings. The molecule has 0 bridgehead atoms. The average molecular weight is 519 g/mol. The van der Waals surface area contributed by atoms with Crippen LogP contribution in [0.15, 0.2) is 42.9 Å². The van der Waals surface area contributed by atoms with Gasteiger partial charge >= 0.3 is 6.09 Å². The molecule has 0 saturated heterocycles. The molecule has 1 aromatic carbocycles. The van der Waals surface area contributed by atoms with Gasteiger partial charge in [-0.1, -0.05) is 0 Å². The van der Waals surface area contributed by atoms with Crippen LogP contribution in [0.1, 0.15) is 37.6 Å². The molecule has 1 aliphatic rings. The van der Waals surface area contributed by atoms with Gasteiger partial charge in [0.15, 0.2) is 5.82 Å². The number of nitrogens with zero attached hydrogens (tertiary/aromatic N) is 4. The molecule has 0 spiro atoms. The van der Waals surface area contributed by atoms with Crippen LogP contribution in [-0.4, -0.2) is 56.7 Å². The molecule has 0 unspecified atom stereocenters. The molecule has 198 valence electrons. The first-order chi connectivity index (χ1) is 18.2. The van der Waals surface area contributed by atoms with Crippen LogP contribution >= 0.6 is 0 Å². The smallest absolute Gasteiger partial charge is 0.410 e. The second kappa shape index (κ2) is 10.3. The van der Waals surface area contributed by atoms with Crippen molar-refractivity contribution in [2.24, 2.45) is 0 Å². The fourth-order valence-corrected chi connectivity index (χ4v) is 4.53. The number of aromatic nitrogens is 4. The maximum Gasteiger partial charge on any atom is 0.410 e. The van der Waals surface area contributed by atoms with Gasteiger partial charge in [0.1, 0.15) is 23.0 Å². The minimum absolute atomic E-state index is 0.277. The van der Waals surface area contributed by atoms with Gasteiger partial charge in [0, 0.05) is 47.5 Å². The highest BCUT2D eigenvalue weighted by Crippen LogP contribution is 2.29. The number of amides is 1. The lowest BCUT2D eigenvalue weighted by atomic mass is 10.0. The monoisotopic (exact) mass is 518 g/mol. The first-order valence-corrected chi connectivity index (χ1v) is 12.6. The highest BCUT2D eigenvalue weighted by atomic mass is 19.1. The van der Waals surface area contributed by atoms with E-state index in [1.54, 1.807) is 12.0 Å². The number of hydrogen-bond donors (Lipinski definition) is 2. The molecule has 0 atom stereocenters. The number of hydrogen-bond acceptors (Lipinski definition) is 7. The van der Waals surface area contributed by atoms with E-state index in [9.17, 15) is 9.18 Å². The molecular weight excluding hydrogens is 487 g/mol. The molecule has 0 saturated carbocycles. The molecule has 1 aliphatic heterocycles. The van der Waals surface area contributed by atoms with Crippen LogP contribution in [0.4, 0.5) is 15.0 Å². The summed E-state index contributed by atoms with van der Waals surface area (Å²) in [6, 6.07) is 7.30. The standard InChI is InChI=1S/C28H31FN6O3/c1-28(2,3)38-27(36)35-10-8-21-24(16-35)33-25(18-11-19(29)15-30-13-18)34-26(21)31-9-7-17-14-32-23-6-5-20(37-4)12-22(17)23/h5-6,11-15,32H,7-10,16H2,1-4H3,(H,31,33,34). The summed E-state index contributed by atoms with van der Waals surface area (Å²) >= 11 is 0. The molecule has 2 N–H and O–H groups in total. The quantitative estimate of drug-likeness (QED) is 0.365. The summed E-state index contributed by atoms with van der Waals surface area (Å²) in [5.74, 6) is 1.36. The number of benzene rings is 1. The Morgan fingerprint density at radius 2 is 2.05 bits per heavy atom. The topological polar surface area (TPSA) is 105 Å². The predicted octanol–water partition coefficient (Wildman–Crippen LogP) is 5.12. The van der Waals surface area contributed by atoms with Crippen molar-refractivity contribution >= 4 is 22.8 Å². The number of anilines is 1. The van der Waals surface area contributed by atoms with Gasteiger partial charge in [0.25, 0.3) is 0 Å². The van der Waals surface area contributed by atoms with Gasteiger partial charge in [0.2, 0.25) is 0 Å². The maximum absolute atomic E-state index is 13.9. The summed E-state index contributed by atoms with van der Waals surface area (Å²) in [5, 5.41) is 4.57. The first-order valence-electron chi connectivity index (χ1n) is 12.6. The zero-order valence-electron chi connectivity index (χ0n) is 22.0. The Morgan fingerprint density at radius 1 is 1.21 bits per heavy atom. The number of rotatable bonds is 6. The highest BCUT2D eigenvalue weighted by Gasteiger charge is 2.29. The Labute approximate surface area is 220 Å². The molecule has 0 radical (unpaired) electrons. The highest BCUT2D eigenvalue weighted by molar-refractivity contribution is 5.84. The minimum Gasteiger partial charge on any atom is -0.497 e. The van der Waals surface area contributed by atoms with E-state index in [-0.39, 0.29) is 12.6 Å². The summed E-state index contributed by atoms with van der Waals surface area (Å²) in [5.41, 5.74) is 3.71. The van der Waals surface area contributed by atoms with Crippen molar-refractivity contribution < 1.29 is 18.7 Å². The second-order valence-corrected chi connectivity index (χ2v) is 10.3. The summed E-state index contributed by atoms with van der Waals surface area (Å²) in [6.45, 7) is 6.90. The van der Waals surface area contributed by atoms with Crippen LogP contribution in [0, 0.1) is 5.82 Å². The largest absolute Gasteiger partial charge is 0.497 e. The minimum atomic E-state index is -0.597. The van der Waals surface area contributed by atoms with Gasteiger partial charge in [-0.15, -0.1) is 0 Å². The van der Waals surface area contributed by atoms with E-state index in [1.807, 2.05) is 45.2 Å². The molecule has 9 nitrogen and oxygen atoms in total. The number of pyridine rings is 1. The van der Waals surface area contributed by atoms with Crippen molar-refractivity contribution in [3.05, 3.63) is 65.5 Å². The first kappa shape index (κ1) is 25.4. The van der Waals surface area contributed by atoms with Gasteiger partial charge in [-0.2, -0.15) is 0 Å². The van der Waals surface area contributed by atoms with Crippen molar-refractivity contribution in [3.63, 3.8) is 0 Å². The van der Waals surface area contributed by atoms with Crippen molar-refractivity contribution in [2.75, 3.05) is 25.5 Å². The molecule has 10 heteroatoms. The van der Waals surface area contributed by atoms with Crippen molar-refractivity contribution in [2.45, 2.75) is 45.8 Å². The molecule has 1 amide bonds. The van der Waals surface area contributed by atoms with Crippen LogP contribution in [0.2, 0.25) is 0 Å². The number of aromatic amines is 1. The van der Waals surface area contributed by atoms with E-state index in [0.29, 0.717) is 42.4 Å². The predicted molar refractivity (Wildman–Crippen MR) is 143 cm³/mol. The third-order valence-corrected chi connectivity index (χ3v) is 6.34. The van der Waals surface area contributed by atoms with Crippen molar-refractivity contribution in [3.8, 4) is 17.1 Å². The van der Waals surface area contributed by atoms with Crippen molar-refractivity contribution in [1.29, 1.82) is 0 Å². The van der Waals surface area contributed by atoms with Crippen LogP contribution in [-0.2, 0) is 24.1 Å². The van der Waals surface area contributed by atoms with E-state index < -0.39 is 11.4 Å². The molecule has 5 rings (SSSR count). The summed E-state index contributed by atoms with van der Waals surface area (Å²) in [6.07, 6.45) is 5.60. The summed E-state index contributed by atoms with van der Waals surface area (Å²) in [7, 11) is 1.66. The van der Waals surface area contributed by atoms with Gasteiger partial charge in [-0.3, -0.25) is 4.98 Å². The van der Waals surface area contributed by atoms with E-state index in [1.165, 1.54) is 12.3 Å². The fraction of sp³-hybridized carbons (Fsp3) is 0.357. The zero-order valence-corrected chi connectivity index (χ0v) is 22.0. The maximum atomic E-state index is 13.9. The van der Waals surface area contributed by atoms with Gasteiger partial charge < -0.3 is 24.7 Å². The fourth-order valence-electron chi connectivity index (χ4n) is 4.53. The van der Waals surface area contributed by atoms with Crippen LogP contribution in [0.5, 0.6) is 5.75 Å². The lowest BCUT2D eigenvalue weighted by Crippen LogP contribution is -2.40. The molecule has 3 aromatic heterocycles. The van der Waals surface area contributed by atoms with E-state index >= 15 is 0 Å². The second-order valence-electron chi connectivity index (χ2n) is 10.3. The van der Waals surface area contributed by atoms with Crippen LogP contribution in [0.25, 0.3) is 22.3 Å². The molecule has 0 aliphatic carbocycles. The number of carbonyl (C=O) groups excluding carboxylic acids is 1. The molecule has 4 heterocycles. The van der Waals surface area contributed by atoms with Crippen LogP contribution in [0.3, 0.4) is 0 Å². The third kappa shape index (κ3) is 5.53. The number of nitrogens with one attached hydrogen (secondary N) is 2. The van der Waals surface area contributed by atoms with Gasteiger partial charge in [0.05, 0.1) is 25.5 Å². The van der Waals surface area contributed by atoms with Crippen molar-refractivity contribution in [1.82, 2.24) is 24.8 Å². The lowest BCUT2D eigenvalue weighted by Gasteiger charge is -2.31. The lowest BCUT2D eigenvalue weighted by molar-refractivity contribution is 0.0221. The molecular formula is C28H31FN6O3.